The SMILES string of the molecule is C=C(c1ccc(Cl)cc1)C(O)(Cn1cncn1)c1ccccc1F. The number of rotatable bonds is 5. The van der Waals surface area contributed by atoms with Crippen molar-refractivity contribution in [3.8, 4) is 0 Å². The zero-order valence-corrected chi connectivity index (χ0v) is 13.5. The van der Waals surface area contributed by atoms with Gasteiger partial charge in [0.2, 0.25) is 0 Å². The number of hydrogen-bond acceptors (Lipinski definition) is 3. The third-order valence-corrected chi connectivity index (χ3v) is 4.12. The molecule has 122 valence electrons. The highest BCUT2D eigenvalue weighted by Gasteiger charge is 2.36. The van der Waals surface area contributed by atoms with Gasteiger partial charge >= 0.3 is 0 Å². The standard InChI is InChI=1S/C18H15ClFN3O/c1-13(14-6-8-15(19)9-7-14)18(24,10-23-12-21-11-22-23)16-4-2-3-5-17(16)20/h2-9,11-12,24H,1,10H2. The molecular formula is C18H15ClFN3O. The van der Waals surface area contributed by atoms with Gasteiger partial charge in [-0.15, -0.1) is 0 Å². The van der Waals surface area contributed by atoms with Crippen molar-refractivity contribution in [1.29, 1.82) is 0 Å². The Hall–Kier alpha value is -2.50. The highest BCUT2D eigenvalue weighted by atomic mass is 35.5. The zero-order chi connectivity index (χ0) is 17.2. The molecule has 0 radical (unpaired) electrons. The third-order valence-electron chi connectivity index (χ3n) is 3.87. The lowest BCUT2D eigenvalue weighted by atomic mass is 9.82. The summed E-state index contributed by atoms with van der Waals surface area (Å²) in [6, 6.07) is 12.9. The minimum atomic E-state index is -1.69. The van der Waals surface area contributed by atoms with E-state index in [4.69, 9.17) is 11.6 Å². The molecule has 0 amide bonds. The third kappa shape index (κ3) is 3.09. The maximum Gasteiger partial charge on any atom is 0.137 e. The Morgan fingerprint density at radius 2 is 1.92 bits per heavy atom. The van der Waals surface area contributed by atoms with Crippen LogP contribution in [0.4, 0.5) is 4.39 Å². The second-order valence-corrected chi connectivity index (χ2v) is 5.86. The largest absolute Gasteiger partial charge is 0.378 e. The molecular weight excluding hydrogens is 329 g/mol. The van der Waals surface area contributed by atoms with Crippen molar-refractivity contribution in [3.05, 3.63) is 89.7 Å². The summed E-state index contributed by atoms with van der Waals surface area (Å²) in [5.41, 5.74) is -0.558. The minimum absolute atomic E-state index is 0.0185. The first-order valence-electron chi connectivity index (χ1n) is 7.26. The van der Waals surface area contributed by atoms with Crippen molar-refractivity contribution in [2.24, 2.45) is 0 Å². The normalized spacial score (nSPS) is 13.5. The van der Waals surface area contributed by atoms with Gasteiger partial charge in [0.1, 0.15) is 24.1 Å². The molecule has 1 aromatic heterocycles. The summed E-state index contributed by atoms with van der Waals surface area (Å²) in [5, 5.41) is 15.9. The van der Waals surface area contributed by atoms with Gasteiger partial charge in [-0.2, -0.15) is 5.10 Å². The molecule has 1 atom stereocenters. The van der Waals surface area contributed by atoms with Crippen LogP contribution in [-0.4, -0.2) is 19.9 Å². The summed E-state index contributed by atoms with van der Waals surface area (Å²) < 4.78 is 15.8. The topological polar surface area (TPSA) is 50.9 Å². The van der Waals surface area contributed by atoms with Crippen LogP contribution in [0, 0.1) is 5.82 Å². The molecule has 0 bridgehead atoms. The molecule has 24 heavy (non-hydrogen) atoms. The van der Waals surface area contributed by atoms with Gasteiger partial charge in [0.05, 0.1) is 6.54 Å². The highest BCUT2D eigenvalue weighted by molar-refractivity contribution is 6.30. The number of nitrogens with zero attached hydrogens (tertiary/aromatic N) is 3. The Balaban J connectivity index is 2.09. The quantitative estimate of drug-likeness (QED) is 0.769. The molecule has 1 N–H and O–H groups in total. The minimum Gasteiger partial charge on any atom is -0.378 e. The lowest BCUT2D eigenvalue weighted by molar-refractivity contribution is 0.0728. The van der Waals surface area contributed by atoms with Gasteiger partial charge in [-0.05, 0) is 29.3 Å². The molecule has 1 heterocycles. The van der Waals surface area contributed by atoms with Gasteiger partial charge in [-0.3, -0.25) is 0 Å². The van der Waals surface area contributed by atoms with Crippen LogP contribution in [0.1, 0.15) is 11.1 Å². The fraction of sp³-hybridized carbons (Fsp3) is 0.111. The molecule has 0 saturated heterocycles. The molecule has 3 aromatic rings. The number of aromatic nitrogens is 3. The van der Waals surface area contributed by atoms with Crippen molar-refractivity contribution in [2.75, 3.05) is 0 Å². The fourth-order valence-corrected chi connectivity index (χ4v) is 2.70. The predicted octanol–water partition coefficient (Wildman–Crippen LogP) is 3.67. The zero-order valence-electron chi connectivity index (χ0n) is 12.7. The van der Waals surface area contributed by atoms with E-state index < -0.39 is 11.4 Å². The van der Waals surface area contributed by atoms with Crippen LogP contribution in [0.25, 0.3) is 5.57 Å². The molecule has 0 aliphatic heterocycles. The maximum atomic E-state index is 14.4. The molecule has 0 aliphatic rings. The molecule has 1 unspecified atom stereocenters. The van der Waals surface area contributed by atoms with E-state index >= 15 is 0 Å². The van der Waals surface area contributed by atoms with Gasteiger partial charge < -0.3 is 5.11 Å². The van der Waals surface area contributed by atoms with Crippen molar-refractivity contribution in [3.63, 3.8) is 0 Å². The van der Waals surface area contributed by atoms with Crippen LogP contribution in [0.5, 0.6) is 0 Å². The molecule has 2 aromatic carbocycles. The van der Waals surface area contributed by atoms with Crippen molar-refractivity contribution in [2.45, 2.75) is 12.1 Å². The Bertz CT molecular complexity index is 849. The molecule has 0 fully saturated rings. The predicted molar refractivity (Wildman–Crippen MR) is 90.8 cm³/mol. The first-order valence-corrected chi connectivity index (χ1v) is 7.63. The van der Waals surface area contributed by atoms with E-state index in [0.717, 1.165) is 0 Å². The Morgan fingerprint density at radius 3 is 2.54 bits per heavy atom. The van der Waals surface area contributed by atoms with Crippen LogP contribution in [0.3, 0.4) is 0 Å². The molecule has 4 nitrogen and oxygen atoms in total. The Labute approximate surface area is 143 Å². The van der Waals surface area contributed by atoms with Gasteiger partial charge in [0.15, 0.2) is 0 Å². The highest BCUT2D eigenvalue weighted by Crippen LogP contribution is 2.38. The van der Waals surface area contributed by atoms with Crippen LogP contribution in [0.2, 0.25) is 5.02 Å². The Morgan fingerprint density at radius 1 is 1.21 bits per heavy atom. The monoisotopic (exact) mass is 343 g/mol. The van der Waals surface area contributed by atoms with Gasteiger partial charge in [0.25, 0.3) is 0 Å². The number of hydrogen-bond donors (Lipinski definition) is 1. The lowest BCUT2D eigenvalue weighted by Crippen LogP contribution is -2.34. The van der Waals surface area contributed by atoms with Crippen LogP contribution in [-0.2, 0) is 12.1 Å². The van der Waals surface area contributed by atoms with Crippen molar-refractivity contribution in [1.82, 2.24) is 14.8 Å². The summed E-state index contributed by atoms with van der Waals surface area (Å²) in [7, 11) is 0. The first kappa shape index (κ1) is 16.4. The van der Waals surface area contributed by atoms with E-state index in [1.54, 1.807) is 36.4 Å². The molecule has 0 spiro atoms. The summed E-state index contributed by atoms with van der Waals surface area (Å²) >= 11 is 5.91. The van der Waals surface area contributed by atoms with Crippen molar-refractivity contribution >= 4 is 17.2 Å². The number of halogens is 2. The van der Waals surface area contributed by atoms with E-state index in [2.05, 4.69) is 16.7 Å². The van der Waals surface area contributed by atoms with Gasteiger partial charge in [-0.1, -0.05) is 48.5 Å². The maximum absolute atomic E-state index is 14.4. The smallest absolute Gasteiger partial charge is 0.137 e. The van der Waals surface area contributed by atoms with E-state index in [0.29, 0.717) is 16.2 Å². The molecule has 0 aliphatic carbocycles. The first-order chi connectivity index (χ1) is 11.5. The van der Waals surface area contributed by atoms with E-state index in [1.165, 1.54) is 29.5 Å². The van der Waals surface area contributed by atoms with Crippen LogP contribution < -0.4 is 0 Å². The van der Waals surface area contributed by atoms with Gasteiger partial charge in [-0.25, -0.2) is 14.1 Å². The summed E-state index contributed by atoms with van der Waals surface area (Å²) in [6.07, 6.45) is 2.81. The van der Waals surface area contributed by atoms with Gasteiger partial charge in [0, 0.05) is 10.6 Å². The second-order valence-electron chi connectivity index (χ2n) is 5.42. The summed E-state index contributed by atoms with van der Waals surface area (Å²) in [6.45, 7) is 3.99. The number of aliphatic hydroxyl groups is 1. The molecule has 0 saturated carbocycles. The fourth-order valence-electron chi connectivity index (χ4n) is 2.58. The second kappa shape index (κ2) is 6.55. The van der Waals surface area contributed by atoms with Crippen molar-refractivity contribution < 1.29 is 9.50 Å². The van der Waals surface area contributed by atoms with E-state index in [1.807, 2.05) is 0 Å². The molecule has 3 rings (SSSR count). The average Bonchev–Trinajstić information content (AvgIpc) is 3.08. The van der Waals surface area contributed by atoms with Crippen LogP contribution >= 0.6 is 11.6 Å². The number of benzene rings is 2. The summed E-state index contributed by atoms with van der Waals surface area (Å²) in [5.74, 6) is -0.518. The Kier molecular flexibility index (Phi) is 4.46. The van der Waals surface area contributed by atoms with E-state index in [-0.39, 0.29) is 12.1 Å². The summed E-state index contributed by atoms with van der Waals surface area (Å²) in [4.78, 5) is 3.87. The average molecular weight is 344 g/mol. The van der Waals surface area contributed by atoms with E-state index in [9.17, 15) is 9.50 Å². The lowest BCUT2D eigenvalue weighted by Gasteiger charge is -2.31. The van der Waals surface area contributed by atoms with Crippen LogP contribution in [0.15, 0.2) is 67.8 Å². The molecule has 6 heteroatoms.